The van der Waals surface area contributed by atoms with Crippen LogP contribution in [-0.2, 0) is 0 Å². The molecule has 0 radical (unpaired) electrons. The van der Waals surface area contributed by atoms with Crippen molar-refractivity contribution in [2.24, 2.45) is 5.92 Å². The summed E-state index contributed by atoms with van der Waals surface area (Å²) < 4.78 is 0. The molecule has 1 heteroatoms. The standard InChI is InChI=1S/C16H35N/c1-5-7-8-9-10-11-12-13-14-17-16(4)15(3)6-2/h15-17H,5-14H2,1-4H3. The highest BCUT2D eigenvalue weighted by molar-refractivity contribution is 4.66. The summed E-state index contributed by atoms with van der Waals surface area (Å²) in [5.41, 5.74) is 0. The molecule has 2 atom stereocenters. The molecule has 0 rings (SSSR count). The SMILES string of the molecule is CCCCCCCCCCNC(C)C(C)CC. The maximum atomic E-state index is 3.64. The predicted octanol–water partition coefficient (Wildman–Crippen LogP) is 5.15. The molecule has 0 bridgehead atoms. The molecule has 0 saturated carbocycles. The Morgan fingerprint density at radius 1 is 0.765 bits per heavy atom. The van der Waals surface area contributed by atoms with Gasteiger partial charge in [0.2, 0.25) is 0 Å². The van der Waals surface area contributed by atoms with Crippen LogP contribution < -0.4 is 5.32 Å². The molecule has 104 valence electrons. The van der Waals surface area contributed by atoms with Crippen molar-refractivity contribution >= 4 is 0 Å². The minimum Gasteiger partial charge on any atom is -0.314 e. The highest BCUT2D eigenvalue weighted by Crippen LogP contribution is 2.09. The van der Waals surface area contributed by atoms with E-state index in [1.807, 2.05) is 0 Å². The number of unbranched alkanes of at least 4 members (excludes halogenated alkanes) is 7. The second-order valence-electron chi connectivity index (χ2n) is 5.60. The largest absolute Gasteiger partial charge is 0.314 e. The Morgan fingerprint density at radius 2 is 1.29 bits per heavy atom. The summed E-state index contributed by atoms with van der Waals surface area (Å²) in [7, 11) is 0. The molecular weight excluding hydrogens is 206 g/mol. The zero-order valence-electron chi connectivity index (χ0n) is 12.7. The van der Waals surface area contributed by atoms with Gasteiger partial charge >= 0.3 is 0 Å². The Morgan fingerprint density at radius 3 is 1.82 bits per heavy atom. The van der Waals surface area contributed by atoms with Crippen molar-refractivity contribution in [2.75, 3.05) is 6.54 Å². The molecule has 0 aliphatic rings. The lowest BCUT2D eigenvalue weighted by Gasteiger charge is -2.19. The number of hydrogen-bond donors (Lipinski definition) is 1. The van der Waals surface area contributed by atoms with Crippen LogP contribution in [0.4, 0.5) is 0 Å². The topological polar surface area (TPSA) is 12.0 Å². The van der Waals surface area contributed by atoms with Crippen LogP contribution in [0.5, 0.6) is 0 Å². The van der Waals surface area contributed by atoms with Gasteiger partial charge in [0, 0.05) is 6.04 Å². The van der Waals surface area contributed by atoms with E-state index in [0.717, 1.165) is 5.92 Å². The fourth-order valence-corrected chi connectivity index (χ4v) is 2.14. The average Bonchev–Trinajstić information content (AvgIpc) is 2.35. The summed E-state index contributed by atoms with van der Waals surface area (Å²) in [6.07, 6.45) is 12.6. The molecule has 0 fully saturated rings. The molecule has 0 aliphatic carbocycles. The predicted molar refractivity (Wildman–Crippen MR) is 79.5 cm³/mol. The minimum absolute atomic E-state index is 0.685. The Labute approximate surface area is 110 Å². The van der Waals surface area contributed by atoms with Gasteiger partial charge < -0.3 is 5.32 Å². The molecule has 0 amide bonds. The summed E-state index contributed by atoms with van der Waals surface area (Å²) in [5, 5.41) is 3.64. The van der Waals surface area contributed by atoms with E-state index in [9.17, 15) is 0 Å². The molecule has 0 saturated heterocycles. The maximum Gasteiger partial charge on any atom is 0.00642 e. The second-order valence-corrected chi connectivity index (χ2v) is 5.60. The third kappa shape index (κ3) is 10.8. The van der Waals surface area contributed by atoms with Crippen molar-refractivity contribution < 1.29 is 0 Å². The molecule has 0 aromatic heterocycles. The summed E-state index contributed by atoms with van der Waals surface area (Å²) in [4.78, 5) is 0. The Hall–Kier alpha value is -0.0400. The number of nitrogens with one attached hydrogen (secondary N) is 1. The fraction of sp³-hybridized carbons (Fsp3) is 1.00. The van der Waals surface area contributed by atoms with Crippen LogP contribution in [0.25, 0.3) is 0 Å². The van der Waals surface area contributed by atoms with Crippen LogP contribution in [0.15, 0.2) is 0 Å². The van der Waals surface area contributed by atoms with Gasteiger partial charge in [-0.25, -0.2) is 0 Å². The zero-order valence-corrected chi connectivity index (χ0v) is 12.7. The smallest absolute Gasteiger partial charge is 0.00642 e. The first-order valence-electron chi connectivity index (χ1n) is 7.95. The highest BCUT2D eigenvalue weighted by atomic mass is 14.9. The molecule has 17 heavy (non-hydrogen) atoms. The van der Waals surface area contributed by atoms with Crippen LogP contribution in [0.3, 0.4) is 0 Å². The van der Waals surface area contributed by atoms with E-state index in [0.29, 0.717) is 6.04 Å². The van der Waals surface area contributed by atoms with Crippen LogP contribution >= 0.6 is 0 Å². The Bertz CT molecular complexity index is 144. The van der Waals surface area contributed by atoms with E-state index in [1.165, 1.54) is 64.3 Å². The number of hydrogen-bond acceptors (Lipinski definition) is 1. The van der Waals surface area contributed by atoms with Crippen LogP contribution in [0.1, 0.15) is 85.5 Å². The number of rotatable bonds is 12. The van der Waals surface area contributed by atoms with E-state index >= 15 is 0 Å². The normalized spacial score (nSPS) is 14.8. The minimum atomic E-state index is 0.685. The van der Waals surface area contributed by atoms with Gasteiger partial charge in [-0.05, 0) is 25.8 Å². The molecule has 0 spiro atoms. The van der Waals surface area contributed by atoms with E-state index in [1.54, 1.807) is 0 Å². The average molecular weight is 241 g/mol. The summed E-state index contributed by atoms with van der Waals surface area (Å²) in [6, 6.07) is 0.685. The van der Waals surface area contributed by atoms with Crippen LogP contribution in [0, 0.1) is 5.92 Å². The molecular formula is C16H35N. The van der Waals surface area contributed by atoms with Gasteiger partial charge in [-0.2, -0.15) is 0 Å². The lowest BCUT2D eigenvalue weighted by molar-refractivity contribution is 0.385. The molecule has 2 unspecified atom stereocenters. The first-order chi connectivity index (χ1) is 8.22. The van der Waals surface area contributed by atoms with E-state index < -0.39 is 0 Å². The van der Waals surface area contributed by atoms with Crippen molar-refractivity contribution in [3.63, 3.8) is 0 Å². The van der Waals surface area contributed by atoms with Gasteiger partial charge in [-0.15, -0.1) is 0 Å². The lowest BCUT2D eigenvalue weighted by atomic mass is 10.0. The summed E-state index contributed by atoms with van der Waals surface area (Å²) in [5.74, 6) is 0.809. The quantitative estimate of drug-likeness (QED) is 0.466. The lowest BCUT2D eigenvalue weighted by Crippen LogP contribution is -2.32. The monoisotopic (exact) mass is 241 g/mol. The Kier molecular flexibility index (Phi) is 12.4. The van der Waals surface area contributed by atoms with Crippen molar-refractivity contribution in [3.05, 3.63) is 0 Å². The third-order valence-corrected chi connectivity index (χ3v) is 3.99. The van der Waals surface area contributed by atoms with Gasteiger partial charge in [-0.3, -0.25) is 0 Å². The molecule has 0 aliphatic heterocycles. The first kappa shape index (κ1) is 17.0. The zero-order chi connectivity index (χ0) is 12.9. The Balaban J connectivity index is 3.13. The van der Waals surface area contributed by atoms with Crippen molar-refractivity contribution in [1.29, 1.82) is 0 Å². The van der Waals surface area contributed by atoms with E-state index in [2.05, 4.69) is 33.0 Å². The van der Waals surface area contributed by atoms with Gasteiger partial charge in [0.25, 0.3) is 0 Å². The van der Waals surface area contributed by atoms with Crippen LogP contribution in [-0.4, -0.2) is 12.6 Å². The third-order valence-electron chi connectivity index (χ3n) is 3.99. The molecule has 0 aromatic carbocycles. The molecule has 0 heterocycles. The van der Waals surface area contributed by atoms with Crippen LogP contribution in [0.2, 0.25) is 0 Å². The van der Waals surface area contributed by atoms with Gasteiger partial charge in [0.1, 0.15) is 0 Å². The van der Waals surface area contributed by atoms with E-state index in [4.69, 9.17) is 0 Å². The van der Waals surface area contributed by atoms with Crippen molar-refractivity contribution in [1.82, 2.24) is 5.32 Å². The van der Waals surface area contributed by atoms with E-state index in [-0.39, 0.29) is 0 Å². The molecule has 1 nitrogen and oxygen atoms in total. The summed E-state index contributed by atoms with van der Waals surface area (Å²) >= 11 is 0. The van der Waals surface area contributed by atoms with Gasteiger partial charge in [0.05, 0.1) is 0 Å². The fourth-order valence-electron chi connectivity index (χ4n) is 2.14. The maximum absolute atomic E-state index is 3.64. The highest BCUT2D eigenvalue weighted by Gasteiger charge is 2.07. The second kappa shape index (κ2) is 12.4. The van der Waals surface area contributed by atoms with Gasteiger partial charge in [-0.1, -0.05) is 72.1 Å². The first-order valence-corrected chi connectivity index (χ1v) is 7.95. The van der Waals surface area contributed by atoms with Gasteiger partial charge in [0.15, 0.2) is 0 Å². The van der Waals surface area contributed by atoms with Crippen molar-refractivity contribution in [3.8, 4) is 0 Å². The molecule has 1 N–H and O–H groups in total. The summed E-state index contributed by atoms with van der Waals surface area (Å²) in [6.45, 7) is 10.4. The van der Waals surface area contributed by atoms with Crippen molar-refractivity contribution in [2.45, 2.75) is 91.5 Å². The molecule has 0 aromatic rings.